The van der Waals surface area contributed by atoms with E-state index >= 15 is 4.39 Å². The zero-order valence-corrected chi connectivity index (χ0v) is 26.2. The number of carbonyl (C=O) groups is 1. The number of carbonyl (C=O) groups excluding carboxylic acids is 1. The number of rotatable bonds is 9. The molecule has 3 saturated carbocycles. The largest absolute Gasteiger partial charge is 0.494 e. The lowest BCUT2D eigenvalue weighted by atomic mass is 9.58. The number of benzene rings is 2. The Morgan fingerprint density at radius 1 is 1.04 bits per heavy atom. The summed E-state index contributed by atoms with van der Waals surface area (Å²) >= 11 is 0. The summed E-state index contributed by atoms with van der Waals surface area (Å²) in [6.45, 7) is 3.47. The van der Waals surface area contributed by atoms with E-state index in [0.29, 0.717) is 60.8 Å². The topological polar surface area (TPSA) is 68.5 Å². The lowest BCUT2D eigenvalue weighted by Crippen LogP contribution is -2.47. The molecule has 3 fully saturated rings. The Kier molecular flexibility index (Phi) is 8.89. The molecule has 1 heterocycles. The first-order valence-electron chi connectivity index (χ1n) is 16.3. The zero-order valence-electron chi connectivity index (χ0n) is 26.2. The molecule has 3 aromatic rings. The van der Waals surface area contributed by atoms with Gasteiger partial charge in [-0.1, -0.05) is 30.1 Å². The first kappa shape index (κ1) is 32.4. The predicted molar refractivity (Wildman–Crippen MR) is 162 cm³/mol. The molecular weight excluding hydrogens is 605 g/mol. The molecular formula is C35H40F5N3O3. The number of anilines is 1. The molecule has 11 heteroatoms. The molecule has 0 radical (unpaired) electrons. The van der Waals surface area contributed by atoms with E-state index in [9.17, 15) is 22.4 Å². The summed E-state index contributed by atoms with van der Waals surface area (Å²) in [4.78, 5) is 20.0. The fourth-order valence-corrected chi connectivity index (χ4v) is 7.77. The van der Waals surface area contributed by atoms with Crippen molar-refractivity contribution in [2.75, 3.05) is 18.1 Å². The van der Waals surface area contributed by atoms with Crippen LogP contribution in [-0.4, -0.2) is 35.1 Å². The number of aromatic nitrogens is 2. The Labute approximate surface area is 265 Å². The fourth-order valence-electron chi connectivity index (χ4n) is 7.77. The average Bonchev–Trinajstić information content (AvgIpc) is 3.54. The number of halogens is 5. The number of hydrogen-bond acceptors (Lipinski definition) is 5. The molecule has 248 valence electrons. The maximum Gasteiger partial charge on any atom is 0.322 e. The van der Waals surface area contributed by atoms with Crippen LogP contribution in [0.1, 0.15) is 89.8 Å². The predicted octanol–water partition coefficient (Wildman–Crippen LogP) is 9.08. The quantitative estimate of drug-likeness (QED) is 0.217. The Hall–Kier alpha value is -3.50. The zero-order chi connectivity index (χ0) is 32.7. The molecule has 3 atom stereocenters. The summed E-state index contributed by atoms with van der Waals surface area (Å²) in [6, 6.07) is 11.7. The molecule has 3 unspecified atom stereocenters. The molecule has 0 N–H and O–H groups in total. The van der Waals surface area contributed by atoms with E-state index in [-0.39, 0.29) is 43.4 Å². The molecule has 0 saturated heterocycles. The van der Waals surface area contributed by atoms with Crippen molar-refractivity contribution >= 4 is 11.6 Å². The van der Waals surface area contributed by atoms with Crippen molar-refractivity contribution in [2.24, 2.45) is 17.8 Å². The van der Waals surface area contributed by atoms with Gasteiger partial charge in [-0.2, -0.15) is 13.8 Å². The maximum absolute atomic E-state index is 15.2. The van der Waals surface area contributed by atoms with E-state index in [1.165, 1.54) is 6.07 Å². The third kappa shape index (κ3) is 6.65. The van der Waals surface area contributed by atoms with Crippen molar-refractivity contribution < 1.29 is 36.0 Å². The number of ether oxygens (including phenoxy) is 1. The summed E-state index contributed by atoms with van der Waals surface area (Å²) in [5, 5.41) is 3.98. The SMILES string of the molecule is CCOc1ccc(-c2cc(N(CC3CCC4(c5noc(C(C)(F)F)n5)CCCC3C4)C(=O)C3CCC(F)(F)CC3)ccc2F)cc1. The highest BCUT2D eigenvalue weighted by Crippen LogP contribution is 2.52. The standard InChI is InChI=1S/C35H40F5N3O3/c1-3-45-27-9-6-22(7-10-27)28-19-26(8-11-29(28)36)43(30(44)23-13-17-35(39,40)18-14-23)21-25-12-16-34(15-4-5-24(25)20-34)31-41-32(46-42-31)33(2,37)38/h6-11,19,23-25H,3-5,12-18,20-21H2,1-2H3. The minimum atomic E-state index is -3.23. The highest BCUT2D eigenvalue weighted by atomic mass is 19.3. The molecule has 2 aromatic carbocycles. The average molecular weight is 646 g/mol. The molecule has 0 spiro atoms. The van der Waals surface area contributed by atoms with Crippen LogP contribution in [0.4, 0.5) is 27.6 Å². The Balaban J connectivity index is 1.28. The summed E-state index contributed by atoms with van der Waals surface area (Å²) in [7, 11) is 0. The van der Waals surface area contributed by atoms with Crippen molar-refractivity contribution in [3.63, 3.8) is 0 Å². The minimum Gasteiger partial charge on any atom is -0.494 e. The number of nitrogens with zero attached hydrogens (tertiary/aromatic N) is 3. The van der Waals surface area contributed by atoms with Crippen LogP contribution < -0.4 is 9.64 Å². The summed E-state index contributed by atoms with van der Waals surface area (Å²) < 4.78 is 81.6. The second-order valence-corrected chi connectivity index (χ2v) is 13.4. The first-order chi connectivity index (χ1) is 21.9. The Morgan fingerprint density at radius 3 is 2.46 bits per heavy atom. The van der Waals surface area contributed by atoms with Crippen LogP contribution in [0.25, 0.3) is 11.1 Å². The van der Waals surface area contributed by atoms with Crippen LogP contribution in [0.5, 0.6) is 5.75 Å². The molecule has 2 bridgehead atoms. The second-order valence-electron chi connectivity index (χ2n) is 13.4. The van der Waals surface area contributed by atoms with E-state index in [1.807, 2.05) is 6.92 Å². The van der Waals surface area contributed by atoms with Crippen molar-refractivity contribution in [2.45, 2.75) is 95.3 Å². The van der Waals surface area contributed by atoms with Gasteiger partial charge in [-0.15, -0.1) is 0 Å². The smallest absolute Gasteiger partial charge is 0.322 e. The van der Waals surface area contributed by atoms with Crippen LogP contribution in [0, 0.1) is 23.6 Å². The van der Waals surface area contributed by atoms with E-state index in [1.54, 1.807) is 41.3 Å². The normalized spacial score (nSPS) is 24.8. The fraction of sp³-hybridized carbons (Fsp3) is 0.571. The van der Waals surface area contributed by atoms with Crippen LogP contribution in [0.2, 0.25) is 0 Å². The van der Waals surface area contributed by atoms with Gasteiger partial charge in [-0.25, -0.2) is 13.2 Å². The maximum atomic E-state index is 15.2. The van der Waals surface area contributed by atoms with E-state index in [4.69, 9.17) is 9.26 Å². The van der Waals surface area contributed by atoms with Gasteiger partial charge in [0.25, 0.3) is 5.89 Å². The van der Waals surface area contributed by atoms with E-state index in [2.05, 4.69) is 10.1 Å². The molecule has 0 aliphatic heterocycles. The molecule has 3 aliphatic carbocycles. The number of alkyl halides is 4. The van der Waals surface area contributed by atoms with Crippen molar-refractivity contribution in [3.8, 4) is 16.9 Å². The number of hydrogen-bond donors (Lipinski definition) is 0. The third-order valence-electron chi connectivity index (χ3n) is 10.3. The first-order valence-corrected chi connectivity index (χ1v) is 16.3. The van der Waals surface area contributed by atoms with Gasteiger partial charge in [-0.3, -0.25) is 4.79 Å². The van der Waals surface area contributed by atoms with Gasteiger partial charge >= 0.3 is 5.92 Å². The third-order valence-corrected chi connectivity index (χ3v) is 10.3. The van der Waals surface area contributed by atoms with Gasteiger partial charge < -0.3 is 14.2 Å². The van der Waals surface area contributed by atoms with Gasteiger partial charge in [0.1, 0.15) is 11.6 Å². The summed E-state index contributed by atoms with van der Waals surface area (Å²) in [6.07, 6.45) is 4.09. The van der Waals surface area contributed by atoms with Gasteiger partial charge in [0.2, 0.25) is 11.8 Å². The molecule has 46 heavy (non-hydrogen) atoms. The van der Waals surface area contributed by atoms with Crippen LogP contribution in [0.3, 0.4) is 0 Å². The monoisotopic (exact) mass is 645 g/mol. The van der Waals surface area contributed by atoms with Crippen LogP contribution in [0.15, 0.2) is 47.0 Å². The number of fused-ring (bicyclic) bond motifs is 2. The molecule has 3 aliphatic rings. The Morgan fingerprint density at radius 2 is 1.78 bits per heavy atom. The van der Waals surface area contributed by atoms with Crippen molar-refractivity contribution in [3.05, 3.63) is 60.0 Å². The highest BCUT2D eigenvalue weighted by Gasteiger charge is 2.49. The Bertz CT molecular complexity index is 1530. The van der Waals surface area contributed by atoms with Crippen molar-refractivity contribution in [1.82, 2.24) is 10.1 Å². The van der Waals surface area contributed by atoms with Crippen LogP contribution in [-0.2, 0) is 16.1 Å². The number of amides is 1. The lowest BCUT2D eigenvalue weighted by Gasteiger charge is -2.48. The molecule has 6 rings (SSSR count). The lowest BCUT2D eigenvalue weighted by molar-refractivity contribution is -0.126. The molecule has 1 amide bonds. The van der Waals surface area contributed by atoms with Gasteiger partial charge in [0.15, 0.2) is 5.82 Å². The van der Waals surface area contributed by atoms with Crippen molar-refractivity contribution in [1.29, 1.82) is 0 Å². The van der Waals surface area contributed by atoms with E-state index < -0.39 is 34.9 Å². The van der Waals surface area contributed by atoms with Gasteiger partial charge in [-0.05, 0) is 93.2 Å². The highest BCUT2D eigenvalue weighted by molar-refractivity contribution is 5.96. The van der Waals surface area contributed by atoms with Crippen LogP contribution >= 0.6 is 0 Å². The van der Waals surface area contributed by atoms with E-state index in [0.717, 1.165) is 26.2 Å². The second kappa shape index (κ2) is 12.6. The van der Waals surface area contributed by atoms with Gasteiger partial charge in [0, 0.05) is 48.9 Å². The summed E-state index contributed by atoms with van der Waals surface area (Å²) in [5.41, 5.74) is 1.01. The summed E-state index contributed by atoms with van der Waals surface area (Å²) in [5.74, 6) is -6.68. The molecule has 1 aromatic heterocycles. The molecule has 6 nitrogen and oxygen atoms in total. The van der Waals surface area contributed by atoms with Gasteiger partial charge in [0.05, 0.1) is 6.61 Å². The minimum absolute atomic E-state index is 0.0698.